The number of aryl methyl sites for hydroxylation is 1. The predicted molar refractivity (Wildman–Crippen MR) is 148 cm³/mol. The number of Topliss-reactive ketones (excluding diaryl/α,β-unsaturated/α-hetero) is 1. The lowest BCUT2D eigenvalue weighted by atomic mass is 9.80. The summed E-state index contributed by atoms with van der Waals surface area (Å²) in [6, 6.07) is 19.2. The second-order valence-electron chi connectivity index (χ2n) is 10.0. The fourth-order valence-electron chi connectivity index (χ4n) is 4.65. The van der Waals surface area contributed by atoms with E-state index in [1.54, 1.807) is 25.1 Å². The number of aliphatic carboxylic acids is 1. The van der Waals surface area contributed by atoms with Crippen LogP contribution in [0.3, 0.4) is 0 Å². The van der Waals surface area contributed by atoms with Gasteiger partial charge in [0, 0.05) is 17.4 Å². The molecule has 6 nitrogen and oxygen atoms in total. The minimum atomic E-state index is -0.867. The number of carbonyl (C=O) groups is 3. The monoisotopic (exact) mass is 511 g/mol. The molecular formula is C32H33NO5. The molecule has 1 amide bonds. The van der Waals surface area contributed by atoms with E-state index in [-0.39, 0.29) is 24.2 Å². The molecule has 0 heterocycles. The summed E-state index contributed by atoms with van der Waals surface area (Å²) in [4.78, 5) is 36.5. The van der Waals surface area contributed by atoms with Gasteiger partial charge in [-0.2, -0.15) is 0 Å². The van der Waals surface area contributed by atoms with Gasteiger partial charge in [0.05, 0.1) is 6.04 Å². The average Bonchev–Trinajstić information content (AvgIpc) is 2.90. The number of allylic oxidation sites excluding steroid dienone is 3. The first kappa shape index (κ1) is 26.9. The standard InChI is InChI=1S/C32H33NO5/c1-21(27-12-6-9-23-8-4-5-11-28(23)27)33-31(37)29-20-26(15-14-24(29)10-7-13-30(35)36)38-25-16-18-32(3,19-17-25)22(2)34/h4-6,8-9,11-12,14-18,20-21H,7,10,13,19H2,1-3H3,(H,33,37)(H,35,36)/t21-,32?/m1/s1. The molecule has 0 aliphatic heterocycles. The second kappa shape index (κ2) is 11.5. The van der Waals surface area contributed by atoms with E-state index >= 15 is 0 Å². The zero-order valence-corrected chi connectivity index (χ0v) is 22.0. The van der Waals surface area contributed by atoms with Gasteiger partial charge in [-0.15, -0.1) is 0 Å². The predicted octanol–water partition coefficient (Wildman–Crippen LogP) is 6.56. The van der Waals surface area contributed by atoms with E-state index in [1.807, 2.05) is 74.5 Å². The Labute approximate surface area is 223 Å². The summed E-state index contributed by atoms with van der Waals surface area (Å²) < 4.78 is 6.05. The fraction of sp³-hybridized carbons (Fsp3) is 0.281. The summed E-state index contributed by atoms with van der Waals surface area (Å²) in [6.07, 6.45) is 6.96. The molecule has 0 spiro atoms. The summed E-state index contributed by atoms with van der Waals surface area (Å²) in [5.41, 5.74) is 1.69. The molecule has 3 aromatic carbocycles. The Morgan fingerprint density at radius 1 is 1.08 bits per heavy atom. The zero-order chi connectivity index (χ0) is 27.3. The number of fused-ring (bicyclic) bond motifs is 1. The number of carboxylic acids is 1. The average molecular weight is 512 g/mol. The van der Waals surface area contributed by atoms with Gasteiger partial charge < -0.3 is 15.2 Å². The number of ether oxygens (including phenoxy) is 1. The molecule has 0 fully saturated rings. The van der Waals surface area contributed by atoms with Gasteiger partial charge in [-0.1, -0.05) is 54.6 Å². The van der Waals surface area contributed by atoms with Crippen molar-refractivity contribution in [1.82, 2.24) is 5.32 Å². The Bertz CT molecular complexity index is 1430. The van der Waals surface area contributed by atoms with Crippen molar-refractivity contribution in [3.05, 3.63) is 101 Å². The Balaban J connectivity index is 1.57. The molecule has 196 valence electrons. The summed E-state index contributed by atoms with van der Waals surface area (Å²) >= 11 is 0. The van der Waals surface area contributed by atoms with Gasteiger partial charge in [0.25, 0.3) is 5.91 Å². The maximum absolute atomic E-state index is 13.5. The molecule has 6 heteroatoms. The van der Waals surface area contributed by atoms with E-state index < -0.39 is 11.4 Å². The minimum absolute atomic E-state index is 0.0261. The quantitative estimate of drug-likeness (QED) is 0.322. The molecule has 0 radical (unpaired) electrons. The molecule has 0 saturated heterocycles. The van der Waals surface area contributed by atoms with Crippen molar-refractivity contribution >= 4 is 28.4 Å². The molecule has 4 rings (SSSR count). The number of ketones is 1. The number of benzene rings is 3. The number of carbonyl (C=O) groups excluding carboxylic acids is 2. The van der Waals surface area contributed by atoms with Gasteiger partial charge in [-0.25, -0.2) is 0 Å². The molecule has 2 atom stereocenters. The van der Waals surface area contributed by atoms with Crippen molar-refractivity contribution in [2.45, 2.75) is 52.5 Å². The lowest BCUT2D eigenvalue weighted by Gasteiger charge is -2.25. The number of hydrogen-bond acceptors (Lipinski definition) is 4. The molecule has 1 aliphatic carbocycles. The third-order valence-corrected chi connectivity index (χ3v) is 7.18. The van der Waals surface area contributed by atoms with Gasteiger partial charge in [0.15, 0.2) is 0 Å². The van der Waals surface area contributed by atoms with Crippen molar-refractivity contribution < 1.29 is 24.2 Å². The summed E-state index contributed by atoms with van der Waals surface area (Å²) in [7, 11) is 0. The summed E-state index contributed by atoms with van der Waals surface area (Å²) in [6.45, 7) is 5.43. The van der Waals surface area contributed by atoms with Crippen LogP contribution in [0.2, 0.25) is 0 Å². The van der Waals surface area contributed by atoms with Crippen molar-refractivity contribution in [2.75, 3.05) is 0 Å². The molecule has 2 N–H and O–H groups in total. The number of rotatable bonds is 10. The van der Waals surface area contributed by atoms with Crippen LogP contribution in [0.15, 0.2) is 84.7 Å². The molecule has 0 aromatic heterocycles. The highest BCUT2D eigenvalue weighted by molar-refractivity contribution is 5.97. The molecular weight excluding hydrogens is 478 g/mol. The largest absolute Gasteiger partial charge is 0.481 e. The first-order valence-electron chi connectivity index (χ1n) is 12.9. The highest BCUT2D eigenvalue weighted by atomic mass is 16.5. The molecule has 0 bridgehead atoms. The third-order valence-electron chi connectivity index (χ3n) is 7.18. The van der Waals surface area contributed by atoms with Crippen LogP contribution in [0.4, 0.5) is 0 Å². The number of hydrogen-bond donors (Lipinski definition) is 2. The van der Waals surface area contributed by atoms with Gasteiger partial charge in [0.1, 0.15) is 17.3 Å². The molecule has 1 aliphatic rings. The fourth-order valence-corrected chi connectivity index (χ4v) is 4.65. The molecule has 3 aromatic rings. The van der Waals surface area contributed by atoms with E-state index in [0.717, 1.165) is 21.9 Å². The van der Waals surface area contributed by atoms with Gasteiger partial charge in [0.2, 0.25) is 0 Å². The number of amides is 1. The Kier molecular flexibility index (Phi) is 8.10. The van der Waals surface area contributed by atoms with Crippen molar-refractivity contribution in [1.29, 1.82) is 0 Å². The Morgan fingerprint density at radius 2 is 1.84 bits per heavy atom. The third kappa shape index (κ3) is 6.20. The minimum Gasteiger partial charge on any atom is -0.481 e. The lowest BCUT2D eigenvalue weighted by molar-refractivity contribution is -0.137. The van der Waals surface area contributed by atoms with E-state index in [4.69, 9.17) is 9.84 Å². The highest BCUT2D eigenvalue weighted by Crippen LogP contribution is 2.32. The van der Waals surface area contributed by atoms with E-state index in [0.29, 0.717) is 36.3 Å². The number of nitrogens with one attached hydrogen (secondary N) is 1. The van der Waals surface area contributed by atoms with Crippen LogP contribution in [-0.2, 0) is 16.0 Å². The van der Waals surface area contributed by atoms with Crippen molar-refractivity contribution in [2.24, 2.45) is 5.41 Å². The normalized spacial score (nSPS) is 17.5. The van der Waals surface area contributed by atoms with Crippen LogP contribution in [0.5, 0.6) is 5.75 Å². The van der Waals surface area contributed by atoms with Gasteiger partial charge in [-0.05, 0) is 86.2 Å². The maximum Gasteiger partial charge on any atom is 0.303 e. The summed E-state index contributed by atoms with van der Waals surface area (Å²) in [5.74, 6) is 0.0804. The van der Waals surface area contributed by atoms with Crippen molar-refractivity contribution in [3.8, 4) is 5.75 Å². The van der Waals surface area contributed by atoms with Crippen LogP contribution >= 0.6 is 0 Å². The van der Waals surface area contributed by atoms with Crippen molar-refractivity contribution in [3.63, 3.8) is 0 Å². The number of carboxylic acid groups (broad SMARTS) is 1. The SMILES string of the molecule is CC(=O)C1(C)C=CC(Oc2ccc(CCCC(=O)O)c(C(=O)N[C@H](C)c3cccc4ccccc34)c2)=CC1. The second-order valence-corrected chi connectivity index (χ2v) is 10.0. The first-order valence-corrected chi connectivity index (χ1v) is 12.9. The molecule has 1 unspecified atom stereocenters. The van der Waals surface area contributed by atoms with Gasteiger partial charge >= 0.3 is 5.97 Å². The Hall–Kier alpha value is -4.19. The lowest BCUT2D eigenvalue weighted by Crippen LogP contribution is -2.28. The van der Waals surface area contributed by atoms with Crippen LogP contribution in [0.1, 0.15) is 67.6 Å². The van der Waals surface area contributed by atoms with Crippen LogP contribution in [0, 0.1) is 5.41 Å². The maximum atomic E-state index is 13.5. The molecule has 38 heavy (non-hydrogen) atoms. The Morgan fingerprint density at radius 3 is 2.55 bits per heavy atom. The highest BCUT2D eigenvalue weighted by Gasteiger charge is 2.28. The van der Waals surface area contributed by atoms with E-state index in [9.17, 15) is 14.4 Å². The smallest absolute Gasteiger partial charge is 0.303 e. The van der Waals surface area contributed by atoms with E-state index in [1.165, 1.54) is 0 Å². The van der Waals surface area contributed by atoms with Crippen LogP contribution in [0.25, 0.3) is 10.8 Å². The van der Waals surface area contributed by atoms with Gasteiger partial charge in [-0.3, -0.25) is 14.4 Å². The van der Waals surface area contributed by atoms with Crippen LogP contribution in [-0.4, -0.2) is 22.8 Å². The summed E-state index contributed by atoms with van der Waals surface area (Å²) in [5, 5.41) is 14.4. The first-order chi connectivity index (χ1) is 18.2. The molecule has 0 saturated carbocycles. The van der Waals surface area contributed by atoms with E-state index in [2.05, 4.69) is 5.32 Å². The zero-order valence-electron chi connectivity index (χ0n) is 22.0. The van der Waals surface area contributed by atoms with Crippen LogP contribution < -0.4 is 10.1 Å². The topological polar surface area (TPSA) is 92.7 Å².